The van der Waals surface area contributed by atoms with Gasteiger partial charge in [0.2, 0.25) is 0 Å². The number of rotatable bonds is 6. The molecule has 0 aliphatic carbocycles. The van der Waals surface area contributed by atoms with Crippen LogP contribution in [0.5, 0.6) is 0 Å². The van der Waals surface area contributed by atoms with Crippen molar-refractivity contribution in [2.45, 2.75) is 398 Å². The van der Waals surface area contributed by atoms with Crippen molar-refractivity contribution in [1.82, 2.24) is 0 Å². The molecule has 11 rings (SSSR count). The van der Waals surface area contributed by atoms with Crippen molar-refractivity contribution in [3.8, 4) is 0 Å². The molecular formula is C73H118O13. The van der Waals surface area contributed by atoms with E-state index in [9.17, 15) is 10.2 Å². The van der Waals surface area contributed by atoms with E-state index in [0.717, 1.165) is 24.8 Å². The molecule has 488 valence electrons. The van der Waals surface area contributed by atoms with Gasteiger partial charge >= 0.3 is 0 Å². The minimum absolute atomic E-state index is 0.0508. The van der Waals surface area contributed by atoms with Gasteiger partial charge in [-0.3, -0.25) is 0 Å². The normalized spacial score (nSPS) is 61.8. The van der Waals surface area contributed by atoms with Gasteiger partial charge in [-0.1, -0.05) is 57.7 Å². The molecule has 11 aliphatic rings. The molecule has 2 unspecified atom stereocenters. The van der Waals surface area contributed by atoms with E-state index in [-0.39, 0.29) is 11.5 Å². The fourth-order valence-electron chi connectivity index (χ4n) is 21.4. The van der Waals surface area contributed by atoms with E-state index in [2.05, 4.69) is 165 Å². The van der Waals surface area contributed by atoms with Gasteiger partial charge in [-0.2, -0.15) is 0 Å². The lowest BCUT2D eigenvalue weighted by molar-refractivity contribution is -0.484. The van der Waals surface area contributed by atoms with E-state index in [1.165, 1.54) is 0 Å². The Morgan fingerprint density at radius 1 is 0.488 bits per heavy atom. The average Bonchev–Trinajstić information content (AvgIpc) is 0.784. The molecule has 26 atom stereocenters. The van der Waals surface area contributed by atoms with E-state index >= 15 is 0 Å². The Morgan fingerprint density at radius 2 is 0.860 bits per heavy atom. The van der Waals surface area contributed by atoms with Crippen molar-refractivity contribution >= 4 is 0 Å². The predicted octanol–water partition coefficient (Wildman–Crippen LogP) is 14.3. The third kappa shape index (κ3) is 8.19. The van der Waals surface area contributed by atoms with Gasteiger partial charge in [-0.15, -0.1) is 6.58 Å². The lowest BCUT2D eigenvalue weighted by Crippen LogP contribution is -2.89. The Bertz CT molecular complexity index is 2890. The summed E-state index contributed by atoms with van der Waals surface area (Å²) in [6.07, 6.45) is 12.3. The van der Waals surface area contributed by atoms with E-state index in [0.29, 0.717) is 82.1 Å². The van der Waals surface area contributed by atoms with E-state index in [1.54, 1.807) is 19.1 Å². The highest BCUT2D eigenvalue weighted by Crippen LogP contribution is 2.72. The molecule has 0 bridgehead atoms. The Balaban J connectivity index is 0.916. The molecule has 11 saturated heterocycles. The zero-order valence-electron chi connectivity index (χ0n) is 58.4. The Kier molecular flexibility index (Phi) is 14.0. The molecule has 0 aromatic carbocycles. The number of allylic oxidation sites excluding steroid dienone is 3. The molecule has 0 saturated carbocycles. The quantitative estimate of drug-likeness (QED) is 0.193. The van der Waals surface area contributed by atoms with Crippen molar-refractivity contribution in [2.75, 3.05) is 0 Å². The lowest BCUT2D eigenvalue weighted by atomic mass is 9.53. The highest BCUT2D eigenvalue weighted by atomic mass is 16.7. The van der Waals surface area contributed by atoms with Crippen LogP contribution in [-0.2, 0) is 52.1 Å². The summed E-state index contributed by atoms with van der Waals surface area (Å²) in [6.45, 7) is 67.2. The monoisotopic (exact) mass is 1200 g/mol. The Hall–Kier alpha value is -1.56. The van der Waals surface area contributed by atoms with Gasteiger partial charge in [0.15, 0.2) is 0 Å². The molecule has 2 N–H and O–H groups in total. The summed E-state index contributed by atoms with van der Waals surface area (Å²) in [5, 5.41) is 25.6. The second-order valence-corrected chi connectivity index (χ2v) is 35.5. The molecule has 11 fully saturated rings. The molecule has 0 aromatic rings. The first-order chi connectivity index (χ1) is 38.7. The second-order valence-electron chi connectivity index (χ2n) is 35.5. The van der Waals surface area contributed by atoms with Crippen LogP contribution in [-0.4, -0.2) is 146 Å². The zero-order valence-corrected chi connectivity index (χ0v) is 58.4. The summed E-state index contributed by atoms with van der Waals surface area (Å²) < 4.78 is 85.2. The van der Waals surface area contributed by atoms with E-state index in [1.807, 2.05) is 26.8 Å². The highest BCUT2D eigenvalue weighted by Gasteiger charge is 2.83. The third-order valence-electron chi connectivity index (χ3n) is 29.0. The maximum absolute atomic E-state index is 13.5. The largest absolute Gasteiger partial charge is 0.387 e. The van der Waals surface area contributed by atoms with Crippen LogP contribution in [0.1, 0.15) is 263 Å². The number of aliphatic hydroxyl groups is 2. The maximum atomic E-state index is 13.5. The minimum Gasteiger partial charge on any atom is -0.387 e. The summed E-state index contributed by atoms with van der Waals surface area (Å²) in [6, 6.07) is 0. The highest BCUT2D eigenvalue weighted by molar-refractivity contribution is 5.35. The summed E-state index contributed by atoms with van der Waals surface area (Å²) in [5.41, 5.74) is -17.9. The fourth-order valence-corrected chi connectivity index (χ4v) is 21.4. The van der Waals surface area contributed by atoms with Gasteiger partial charge in [0.05, 0.1) is 95.2 Å². The zero-order chi connectivity index (χ0) is 64.3. The third-order valence-corrected chi connectivity index (χ3v) is 29.0. The summed E-state index contributed by atoms with van der Waals surface area (Å²) in [7, 11) is 0. The molecule has 0 radical (unpaired) electrons. The Morgan fingerprint density at radius 3 is 1.35 bits per heavy atom. The van der Waals surface area contributed by atoms with Gasteiger partial charge < -0.3 is 62.3 Å². The molecule has 86 heavy (non-hydrogen) atoms. The van der Waals surface area contributed by atoms with Crippen LogP contribution < -0.4 is 0 Å². The lowest BCUT2D eigenvalue weighted by Gasteiger charge is -2.76. The molecule has 0 amide bonds. The van der Waals surface area contributed by atoms with Crippen molar-refractivity contribution in [3.05, 3.63) is 49.1 Å². The minimum atomic E-state index is -1.42. The van der Waals surface area contributed by atoms with Crippen LogP contribution >= 0.6 is 0 Å². The summed E-state index contributed by atoms with van der Waals surface area (Å²) in [4.78, 5) is 0. The summed E-state index contributed by atoms with van der Waals surface area (Å²) in [5.74, 6) is 0.265. The van der Waals surface area contributed by atoms with Crippen molar-refractivity contribution in [1.29, 1.82) is 0 Å². The van der Waals surface area contributed by atoms with Crippen molar-refractivity contribution in [3.63, 3.8) is 0 Å². The van der Waals surface area contributed by atoms with Gasteiger partial charge in [0, 0.05) is 44.9 Å². The Labute approximate surface area is 519 Å². The van der Waals surface area contributed by atoms with Crippen LogP contribution in [0, 0.1) is 11.8 Å². The SMILES string of the molecule is C=CCC(=C)/C=C/[C@@](C)(O)C1O[C@]2(C)C[C@]3(C)O[C@]4(C)C[C@]5(C)O[C@]6(C)C[C@]7(C)O[C@]8(C)C[C@]9(C)O[C@]%10(C)C[C@]%11(C)O[C@](C)(CC)C(C)C[C@@]%11(C)O[C@@]%10(C)C[C@@]9(C)O[C@@]8(C)CC[C@@]7(C)O[C@@]6(C)CC[C@H](C)[C@@]5(C)O[C@@]4(C)[C@@H](O)[C@@]3(C)O[C@@]2(C)CC1=C. The number of fused-ring (bicyclic) bond motifs is 10. The first kappa shape index (κ1) is 65.9. The molecule has 11 aliphatic heterocycles. The second kappa shape index (κ2) is 18.2. The predicted molar refractivity (Wildman–Crippen MR) is 335 cm³/mol. The number of hydrogen-bond donors (Lipinski definition) is 2. The van der Waals surface area contributed by atoms with Crippen LogP contribution in [0.3, 0.4) is 0 Å². The molecule has 11 heterocycles. The smallest absolute Gasteiger partial charge is 0.124 e. The number of ether oxygens (including phenoxy) is 11. The number of hydrogen-bond acceptors (Lipinski definition) is 13. The van der Waals surface area contributed by atoms with Gasteiger partial charge in [0.25, 0.3) is 0 Å². The first-order valence-electron chi connectivity index (χ1n) is 33.4. The van der Waals surface area contributed by atoms with E-state index in [4.69, 9.17) is 52.1 Å². The standard InChI is InChI=1S/C73H118O13/c1-29-31-46(3)32-34-52(7,75)50-47(4)38-57(12)59(14,76-50)40-69(24)72(27,85-57)51(74)73(28)70(25,84-69)45-68(23)71(26,86-73)48(5)33-35-54(9)60(15,83-68)41-61(16)55(10,78-54)36-37-56(11)62(17,81-61)42-66(21)64(19,79-56)44-65(20)67(22,82-66)43-63(18)58(13,80-65)39-49(6)53(8,30-2)77-63/h29,32,34,48-51,74-75H,1,3-4,30-31,33,35-45H2,2,5-28H3/b34-32+/t48-,49?,50?,51-,52+,53+,54-,55+,56-,57-,58+,59+,60+,61-,62+,63-,64+,65-,66-,67+,68-,69-,70+,71+,72+,73-/m0/s1. The molecule has 0 spiro atoms. The first-order valence-corrected chi connectivity index (χ1v) is 33.4. The molecule has 13 heteroatoms. The van der Waals surface area contributed by atoms with Gasteiger partial charge in [0.1, 0.15) is 40.2 Å². The topological polar surface area (TPSA) is 142 Å². The van der Waals surface area contributed by atoms with Crippen LogP contribution in [0.2, 0.25) is 0 Å². The number of aliphatic hydroxyl groups excluding tert-OH is 1. The summed E-state index contributed by atoms with van der Waals surface area (Å²) >= 11 is 0. The van der Waals surface area contributed by atoms with E-state index < -0.39 is 130 Å². The maximum Gasteiger partial charge on any atom is 0.124 e. The van der Waals surface area contributed by atoms with Crippen LogP contribution in [0.15, 0.2) is 49.1 Å². The van der Waals surface area contributed by atoms with Crippen LogP contribution in [0.4, 0.5) is 0 Å². The fraction of sp³-hybridized carbons (Fsp3) is 0.890. The molecule has 0 aromatic heterocycles. The average molecular weight is 1200 g/mol. The van der Waals surface area contributed by atoms with Crippen LogP contribution in [0.25, 0.3) is 0 Å². The van der Waals surface area contributed by atoms with Crippen molar-refractivity contribution < 1.29 is 62.3 Å². The van der Waals surface area contributed by atoms with Crippen molar-refractivity contribution in [2.24, 2.45) is 11.8 Å². The molecule has 13 nitrogen and oxygen atoms in total. The van der Waals surface area contributed by atoms with Gasteiger partial charge in [-0.05, 0) is 215 Å². The van der Waals surface area contributed by atoms with Gasteiger partial charge in [-0.25, -0.2) is 0 Å². The molecular weight excluding hydrogens is 1080 g/mol.